The maximum absolute atomic E-state index is 13.3. The molecular formula is C19H22N2O3S. The van der Waals surface area contributed by atoms with E-state index in [0.717, 1.165) is 11.1 Å². The summed E-state index contributed by atoms with van der Waals surface area (Å²) in [5, 5.41) is 0. The molecule has 0 bridgehead atoms. The average molecular weight is 358 g/mol. The van der Waals surface area contributed by atoms with E-state index in [1.807, 2.05) is 50.2 Å². The van der Waals surface area contributed by atoms with Crippen molar-refractivity contribution in [3.05, 3.63) is 53.9 Å². The largest absolute Gasteiger partial charge is 0.335 e. The third-order valence-electron chi connectivity index (χ3n) is 4.69. The summed E-state index contributed by atoms with van der Waals surface area (Å²) in [6.07, 6.45) is 2.20. The van der Waals surface area contributed by atoms with Crippen LogP contribution in [-0.2, 0) is 9.84 Å². The van der Waals surface area contributed by atoms with E-state index in [9.17, 15) is 13.2 Å². The molecule has 1 aromatic heterocycles. The third-order valence-corrected chi connectivity index (χ3v) is 6.44. The van der Waals surface area contributed by atoms with E-state index in [4.69, 9.17) is 0 Å². The van der Waals surface area contributed by atoms with Crippen molar-refractivity contribution in [3.8, 4) is 11.1 Å². The number of aryl methyl sites for hydroxylation is 1. The Kier molecular flexibility index (Phi) is 4.90. The average Bonchev–Trinajstić information content (AvgIpc) is 2.95. The van der Waals surface area contributed by atoms with Gasteiger partial charge in [-0.1, -0.05) is 30.3 Å². The lowest BCUT2D eigenvalue weighted by molar-refractivity contribution is 0.0708. The van der Waals surface area contributed by atoms with Crippen molar-refractivity contribution >= 4 is 15.7 Å². The van der Waals surface area contributed by atoms with Gasteiger partial charge in [0.2, 0.25) is 0 Å². The molecule has 0 unspecified atom stereocenters. The number of benzene rings is 1. The molecule has 1 atom stereocenters. The Morgan fingerprint density at radius 2 is 1.96 bits per heavy atom. The van der Waals surface area contributed by atoms with Gasteiger partial charge >= 0.3 is 0 Å². The summed E-state index contributed by atoms with van der Waals surface area (Å²) in [6, 6.07) is 11.3. The number of amides is 1. The first-order valence-corrected chi connectivity index (χ1v) is 10.3. The Labute approximate surface area is 148 Å². The lowest BCUT2D eigenvalue weighted by Crippen LogP contribution is -2.41. The van der Waals surface area contributed by atoms with Crippen molar-refractivity contribution in [1.29, 1.82) is 0 Å². The summed E-state index contributed by atoms with van der Waals surface area (Å²) in [7, 11) is -3.05. The van der Waals surface area contributed by atoms with Crippen LogP contribution in [-0.4, -0.2) is 48.3 Å². The number of hydrogen-bond donors (Lipinski definition) is 0. The smallest absolute Gasteiger partial charge is 0.256 e. The summed E-state index contributed by atoms with van der Waals surface area (Å²) >= 11 is 0. The second-order valence-corrected chi connectivity index (χ2v) is 8.56. The summed E-state index contributed by atoms with van der Waals surface area (Å²) in [5.41, 5.74) is 2.99. The zero-order valence-electron chi connectivity index (χ0n) is 14.5. The Balaban J connectivity index is 2.02. The maximum atomic E-state index is 13.3. The molecule has 1 aliphatic rings. The minimum atomic E-state index is -3.05. The van der Waals surface area contributed by atoms with Gasteiger partial charge in [0.15, 0.2) is 9.84 Å². The SMILES string of the molecule is CCN(C(=O)c1c(-c2ccccc2)ccnc1C)[C@H]1CCS(=O)(=O)C1. The number of nitrogens with zero attached hydrogens (tertiary/aromatic N) is 2. The quantitative estimate of drug-likeness (QED) is 0.843. The Hall–Kier alpha value is -2.21. The van der Waals surface area contributed by atoms with Crippen LogP contribution in [0.25, 0.3) is 11.1 Å². The normalized spacial score (nSPS) is 18.9. The second kappa shape index (κ2) is 6.96. The minimum absolute atomic E-state index is 0.0482. The molecule has 0 N–H and O–H groups in total. The first-order chi connectivity index (χ1) is 11.9. The Morgan fingerprint density at radius 3 is 2.56 bits per heavy atom. The van der Waals surface area contributed by atoms with E-state index >= 15 is 0 Å². The van der Waals surface area contributed by atoms with Crippen LogP contribution in [0.2, 0.25) is 0 Å². The highest BCUT2D eigenvalue weighted by atomic mass is 32.2. The highest BCUT2D eigenvalue weighted by Gasteiger charge is 2.35. The molecule has 6 heteroatoms. The van der Waals surface area contributed by atoms with Gasteiger partial charge in [0.1, 0.15) is 0 Å². The van der Waals surface area contributed by atoms with Gasteiger partial charge in [-0.15, -0.1) is 0 Å². The lowest BCUT2D eigenvalue weighted by atomic mass is 9.98. The maximum Gasteiger partial charge on any atom is 0.256 e. The summed E-state index contributed by atoms with van der Waals surface area (Å²) in [4.78, 5) is 19.3. The fourth-order valence-electron chi connectivity index (χ4n) is 3.43. The van der Waals surface area contributed by atoms with Gasteiger partial charge in [-0.2, -0.15) is 0 Å². The number of carbonyl (C=O) groups excluding carboxylic acids is 1. The van der Waals surface area contributed by atoms with Crippen LogP contribution in [0.3, 0.4) is 0 Å². The zero-order valence-corrected chi connectivity index (χ0v) is 15.3. The summed E-state index contributed by atoms with van der Waals surface area (Å²) in [6.45, 7) is 4.18. The van der Waals surface area contributed by atoms with E-state index in [-0.39, 0.29) is 23.5 Å². The molecule has 0 spiro atoms. The van der Waals surface area contributed by atoms with Gasteiger partial charge in [0.05, 0.1) is 22.8 Å². The first kappa shape index (κ1) is 17.6. The fraction of sp³-hybridized carbons (Fsp3) is 0.368. The molecule has 132 valence electrons. The van der Waals surface area contributed by atoms with Crippen LogP contribution >= 0.6 is 0 Å². The molecular weight excluding hydrogens is 336 g/mol. The molecule has 0 saturated carbocycles. The summed E-state index contributed by atoms with van der Waals surface area (Å²) < 4.78 is 23.7. The number of carbonyl (C=O) groups is 1. The van der Waals surface area contributed by atoms with Crippen molar-refractivity contribution in [2.75, 3.05) is 18.1 Å². The molecule has 1 aromatic carbocycles. The van der Waals surface area contributed by atoms with Crippen LogP contribution in [0.4, 0.5) is 0 Å². The van der Waals surface area contributed by atoms with Crippen LogP contribution in [0.1, 0.15) is 29.4 Å². The molecule has 2 aromatic rings. The number of pyridine rings is 1. The van der Waals surface area contributed by atoms with Gasteiger partial charge in [-0.25, -0.2) is 8.42 Å². The molecule has 1 amide bonds. The van der Waals surface area contributed by atoms with E-state index in [1.165, 1.54) is 0 Å². The molecule has 25 heavy (non-hydrogen) atoms. The van der Waals surface area contributed by atoms with Crippen molar-refractivity contribution in [1.82, 2.24) is 9.88 Å². The van der Waals surface area contributed by atoms with E-state index < -0.39 is 9.84 Å². The zero-order chi connectivity index (χ0) is 18.0. The van der Waals surface area contributed by atoms with E-state index in [2.05, 4.69) is 4.98 Å². The molecule has 1 fully saturated rings. The monoisotopic (exact) mass is 358 g/mol. The second-order valence-electron chi connectivity index (χ2n) is 6.33. The molecule has 0 aliphatic carbocycles. The van der Waals surface area contributed by atoms with Crippen LogP contribution < -0.4 is 0 Å². The molecule has 0 radical (unpaired) electrons. The number of sulfone groups is 1. The first-order valence-electron chi connectivity index (χ1n) is 8.45. The van der Waals surface area contributed by atoms with Crippen molar-refractivity contribution in [2.24, 2.45) is 0 Å². The number of aromatic nitrogens is 1. The van der Waals surface area contributed by atoms with Crippen molar-refractivity contribution < 1.29 is 13.2 Å². The Morgan fingerprint density at radius 1 is 1.24 bits per heavy atom. The molecule has 5 nitrogen and oxygen atoms in total. The lowest BCUT2D eigenvalue weighted by Gasteiger charge is -2.28. The fourth-order valence-corrected chi connectivity index (χ4v) is 5.16. The van der Waals surface area contributed by atoms with E-state index in [1.54, 1.807) is 11.1 Å². The van der Waals surface area contributed by atoms with E-state index in [0.29, 0.717) is 24.2 Å². The van der Waals surface area contributed by atoms with Crippen LogP contribution in [0.5, 0.6) is 0 Å². The van der Waals surface area contributed by atoms with Crippen molar-refractivity contribution in [3.63, 3.8) is 0 Å². The van der Waals surface area contributed by atoms with Crippen LogP contribution in [0, 0.1) is 6.92 Å². The van der Waals surface area contributed by atoms with Gasteiger partial charge < -0.3 is 4.90 Å². The molecule has 3 rings (SSSR count). The van der Waals surface area contributed by atoms with Crippen molar-refractivity contribution in [2.45, 2.75) is 26.3 Å². The Bertz CT molecular complexity index is 879. The predicted octanol–water partition coefficient (Wildman–Crippen LogP) is 2.71. The minimum Gasteiger partial charge on any atom is -0.335 e. The predicted molar refractivity (Wildman–Crippen MR) is 98.2 cm³/mol. The number of hydrogen-bond acceptors (Lipinski definition) is 4. The van der Waals surface area contributed by atoms with Gasteiger partial charge in [-0.3, -0.25) is 9.78 Å². The molecule has 1 saturated heterocycles. The van der Waals surface area contributed by atoms with Gasteiger partial charge in [0, 0.05) is 18.8 Å². The third kappa shape index (κ3) is 3.58. The summed E-state index contributed by atoms with van der Waals surface area (Å²) in [5.74, 6) is 0.0556. The topological polar surface area (TPSA) is 67.3 Å². The highest BCUT2D eigenvalue weighted by Crippen LogP contribution is 2.28. The molecule has 2 heterocycles. The standard InChI is InChI=1S/C19H22N2O3S/c1-3-21(16-10-12-25(23,24)13-16)19(22)18-14(2)20-11-9-17(18)15-7-5-4-6-8-15/h4-9,11,16H,3,10,12-13H2,1-2H3/t16-/m0/s1. The van der Waals surface area contributed by atoms with Gasteiger partial charge in [-0.05, 0) is 37.5 Å². The highest BCUT2D eigenvalue weighted by molar-refractivity contribution is 7.91. The molecule has 1 aliphatic heterocycles. The number of rotatable bonds is 4. The van der Waals surface area contributed by atoms with Crippen LogP contribution in [0.15, 0.2) is 42.6 Å². The van der Waals surface area contributed by atoms with Gasteiger partial charge in [0.25, 0.3) is 5.91 Å².